The van der Waals surface area contributed by atoms with E-state index in [4.69, 9.17) is 10.5 Å². The van der Waals surface area contributed by atoms with Gasteiger partial charge in [-0.05, 0) is 38.5 Å². The fraction of sp³-hybridized carbons (Fsp3) is 0.333. The van der Waals surface area contributed by atoms with Crippen molar-refractivity contribution in [1.29, 1.82) is 0 Å². The molecule has 0 unspecified atom stereocenters. The van der Waals surface area contributed by atoms with E-state index >= 15 is 0 Å². The highest BCUT2D eigenvalue weighted by Crippen LogP contribution is 2.33. The van der Waals surface area contributed by atoms with E-state index in [-0.39, 0.29) is 11.0 Å². The highest BCUT2D eigenvalue weighted by Gasteiger charge is 2.19. The molecule has 1 heterocycles. The molecule has 0 aliphatic rings. The zero-order valence-corrected chi connectivity index (χ0v) is 13.0. The third-order valence-corrected chi connectivity index (χ3v) is 4.00. The third-order valence-electron chi connectivity index (χ3n) is 2.81. The summed E-state index contributed by atoms with van der Waals surface area (Å²) in [5.41, 5.74) is 7.61. The van der Waals surface area contributed by atoms with Gasteiger partial charge in [-0.3, -0.25) is 0 Å². The second-order valence-corrected chi connectivity index (χ2v) is 5.95. The molecule has 0 amide bonds. The maximum Gasteiger partial charge on any atom is 0.348 e. The molecule has 6 heteroatoms. The molecular formula is C15H18N2O3S. The lowest BCUT2D eigenvalue weighted by molar-refractivity contribution is 0.0702. The number of carboxylic acid groups (broad SMARTS) is 1. The summed E-state index contributed by atoms with van der Waals surface area (Å²) in [5, 5.41) is 10.1. The zero-order chi connectivity index (χ0) is 15.6. The van der Waals surface area contributed by atoms with Crippen LogP contribution in [-0.4, -0.2) is 22.2 Å². The van der Waals surface area contributed by atoms with E-state index in [2.05, 4.69) is 4.98 Å². The fourth-order valence-electron chi connectivity index (χ4n) is 1.91. The minimum Gasteiger partial charge on any atom is -0.489 e. The van der Waals surface area contributed by atoms with E-state index < -0.39 is 5.97 Å². The predicted molar refractivity (Wildman–Crippen MR) is 84.1 cm³/mol. The van der Waals surface area contributed by atoms with Gasteiger partial charge in [0.25, 0.3) is 0 Å². The number of aromatic nitrogens is 1. The largest absolute Gasteiger partial charge is 0.489 e. The fourth-order valence-corrected chi connectivity index (χ4v) is 2.78. The Hall–Kier alpha value is -2.08. The Kier molecular flexibility index (Phi) is 4.47. The van der Waals surface area contributed by atoms with Crippen LogP contribution < -0.4 is 10.5 Å². The Morgan fingerprint density at radius 3 is 2.71 bits per heavy atom. The van der Waals surface area contributed by atoms with Gasteiger partial charge < -0.3 is 15.6 Å². The Morgan fingerprint density at radius 2 is 2.19 bits per heavy atom. The van der Waals surface area contributed by atoms with Crippen molar-refractivity contribution in [3.05, 3.63) is 28.1 Å². The Labute approximate surface area is 127 Å². The Bertz CT molecular complexity index is 665. The van der Waals surface area contributed by atoms with Gasteiger partial charge in [-0.15, -0.1) is 11.3 Å². The molecule has 0 radical (unpaired) electrons. The number of carbonyl (C=O) groups is 1. The van der Waals surface area contributed by atoms with E-state index in [0.717, 1.165) is 5.01 Å². The number of rotatable bonds is 5. The number of hydrogen-bond donors (Lipinski definition) is 2. The van der Waals surface area contributed by atoms with Crippen molar-refractivity contribution in [2.45, 2.75) is 33.3 Å². The molecule has 0 saturated carbocycles. The number of nitrogen functional groups attached to an aromatic ring is 1. The van der Waals surface area contributed by atoms with E-state index in [1.165, 1.54) is 11.3 Å². The average Bonchev–Trinajstić information content (AvgIpc) is 2.85. The minimum atomic E-state index is -0.969. The normalized spacial score (nSPS) is 10.9. The van der Waals surface area contributed by atoms with Crippen molar-refractivity contribution in [2.24, 2.45) is 0 Å². The summed E-state index contributed by atoms with van der Waals surface area (Å²) in [6.45, 7) is 5.79. The number of nitrogens with zero attached hydrogens (tertiary/aromatic N) is 1. The monoisotopic (exact) mass is 306 g/mol. The van der Waals surface area contributed by atoms with Gasteiger partial charge in [0.05, 0.1) is 22.5 Å². The summed E-state index contributed by atoms with van der Waals surface area (Å²) in [6.07, 6.45) is 0.730. The van der Waals surface area contributed by atoms with Gasteiger partial charge in [0.1, 0.15) is 10.6 Å². The molecule has 2 rings (SSSR count). The predicted octanol–water partition coefficient (Wildman–Crippen LogP) is 3.44. The second-order valence-electron chi connectivity index (χ2n) is 4.86. The van der Waals surface area contributed by atoms with Crippen LogP contribution in [0.5, 0.6) is 5.75 Å². The van der Waals surface area contributed by atoms with Crippen molar-refractivity contribution in [1.82, 2.24) is 4.98 Å². The number of hydrogen-bond acceptors (Lipinski definition) is 5. The Morgan fingerprint density at radius 1 is 1.48 bits per heavy atom. The molecule has 2 aromatic rings. The van der Waals surface area contributed by atoms with Crippen LogP contribution in [0.15, 0.2) is 18.2 Å². The van der Waals surface area contributed by atoms with Crippen LogP contribution in [0.2, 0.25) is 0 Å². The van der Waals surface area contributed by atoms with Crippen LogP contribution in [0.1, 0.15) is 35.5 Å². The summed E-state index contributed by atoms with van der Waals surface area (Å²) in [6, 6.07) is 5.24. The third kappa shape index (κ3) is 3.33. The average molecular weight is 306 g/mol. The van der Waals surface area contributed by atoms with E-state index in [9.17, 15) is 9.90 Å². The quantitative estimate of drug-likeness (QED) is 0.826. The molecule has 0 aliphatic carbocycles. The number of nitrogens with two attached hydrogens (primary N) is 1. The van der Waals surface area contributed by atoms with Crippen LogP contribution in [0, 0.1) is 0 Å². The molecule has 1 aromatic carbocycles. The molecule has 0 spiro atoms. The number of benzene rings is 1. The molecule has 21 heavy (non-hydrogen) atoms. The highest BCUT2D eigenvalue weighted by atomic mass is 32.1. The second kappa shape index (κ2) is 6.13. The first-order chi connectivity index (χ1) is 9.92. The first-order valence-corrected chi connectivity index (χ1v) is 7.53. The minimum absolute atomic E-state index is 0.0266. The number of aromatic carboxylic acids is 1. The van der Waals surface area contributed by atoms with Gasteiger partial charge in [-0.25, -0.2) is 9.78 Å². The molecule has 0 atom stereocenters. The maximum absolute atomic E-state index is 11.3. The first-order valence-electron chi connectivity index (χ1n) is 6.72. The zero-order valence-electron chi connectivity index (χ0n) is 12.2. The van der Waals surface area contributed by atoms with Crippen LogP contribution in [0.25, 0.3) is 11.3 Å². The van der Waals surface area contributed by atoms with Crippen LogP contribution in [0.4, 0.5) is 5.69 Å². The van der Waals surface area contributed by atoms with Gasteiger partial charge in [0, 0.05) is 5.56 Å². The molecule has 0 saturated heterocycles. The molecule has 0 aliphatic heterocycles. The SMILES string of the molecule is CCc1nc(-c2ccc(OC(C)C)c(N)c2)c(C(=O)O)s1. The van der Waals surface area contributed by atoms with Crippen LogP contribution in [0.3, 0.4) is 0 Å². The summed E-state index contributed by atoms with van der Waals surface area (Å²) in [5.74, 6) is -0.375. The molecule has 112 valence electrons. The van der Waals surface area contributed by atoms with Crippen LogP contribution >= 0.6 is 11.3 Å². The standard InChI is InChI=1S/C15H18N2O3S/c1-4-12-17-13(14(21-12)15(18)19)9-5-6-11(10(16)7-9)20-8(2)3/h5-8H,4,16H2,1-3H3,(H,18,19). The molecular weight excluding hydrogens is 288 g/mol. The number of carboxylic acids is 1. The van der Waals surface area contributed by atoms with E-state index in [1.807, 2.05) is 20.8 Å². The van der Waals surface area contributed by atoms with Crippen LogP contribution in [-0.2, 0) is 6.42 Å². The van der Waals surface area contributed by atoms with Gasteiger partial charge in [-0.2, -0.15) is 0 Å². The van der Waals surface area contributed by atoms with E-state index in [0.29, 0.717) is 29.1 Å². The molecule has 0 bridgehead atoms. The van der Waals surface area contributed by atoms with Crippen molar-refractivity contribution < 1.29 is 14.6 Å². The number of thiazole rings is 1. The lowest BCUT2D eigenvalue weighted by atomic mass is 10.1. The van der Waals surface area contributed by atoms with Crippen molar-refractivity contribution >= 4 is 23.0 Å². The first kappa shape index (κ1) is 15.3. The van der Waals surface area contributed by atoms with Crippen molar-refractivity contribution in [3.8, 4) is 17.0 Å². The summed E-state index contributed by atoms with van der Waals surface area (Å²) in [7, 11) is 0. The van der Waals surface area contributed by atoms with Gasteiger partial charge >= 0.3 is 5.97 Å². The molecule has 5 nitrogen and oxygen atoms in total. The molecule has 0 fully saturated rings. The smallest absolute Gasteiger partial charge is 0.348 e. The maximum atomic E-state index is 11.3. The molecule has 1 aromatic heterocycles. The lowest BCUT2D eigenvalue weighted by Crippen LogP contribution is -2.07. The van der Waals surface area contributed by atoms with E-state index in [1.54, 1.807) is 18.2 Å². The molecule has 3 N–H and O–H groups in total. The number of anilines is 1. The topological polar surface area (TPSA) is 85.4 Å². The summed E-state index contributed by atoms with van der Waals surface area (Å²) >= 11 is 1.20. The summed E-state index contributed by atoms with van der Waals surface area (Å²) < 4.78 is 5.58. The van der Waals surface area contributed by atoms with Crippen molar-refractivity contribution in [3.63, 3.8) is 0 Å². The highest BCUT2D eigenvalue weighted by molar-refractivity contribution is 7.14. The Balaban J connectivity index is 2.45. The van der Waals surface area contributed by atoms with Gasteiger partial charge in [-0.1, -0.05) is 6.92 Å². The summed E-state index contributed by atoms with van der Waals surface area (Å²) in [4.78, 5) is 16.0. The van der Waals surface area contributed by atoms with Gasteiger partial charge in [0.2, 0.25) is 0 Å². The van der Waals surface area contributed by atoms with Gasteiger partial charge in [0.15, 0.2) is 0 Å². The van der Waals surface area contributed by atoms with Crippen molar-refractivity contribution in [2.75, 3.05) is 5.73 Å². The number of ether oxygens (including phenoxy) is 1. The number of aryl methyl sites for hydroxylation is 1. The lowest BCUT2D eigenvalue weighted by Gasteiger charge is -2.12.